The summed E-state index contributed by atoms with van der Waals surface area (Å²) in [6.45, 7) is 4.49. The van der Waals surface area contributed by atoms with Gasteiger partial charge in [0.2, 0.25) is 0 Å². The molecule has 0 aromatic heterocycles. The van der Waals surface area contributed by atoms with Gasteiger partial charge in [-0.05, 0) is 36.8 Å². The number of ether oxygens (including phenoxy) is 1. The van der Waals surface area contributed by atoms with Crippen molar-refractivity contribution in [2.24, 2.45) is 0 Å². The van der Waals surface area contributed by atoms with Crippen molar-refractivity contribution in [2.45, 2.75) is 13.0 Å². The second-order valence-corrected chi connectivity index (χ2v) is 8.21. The zero-order chi connectivity index (χ0) is 24.9. The lowest BCUT2D eigenvalue weighted by molar-refractivity contribution is -0.384. The monoisotopic (exact) mass is 483 g/mol. The minimum absolute atomic E-state index is 0.0939. The average Bonchev–Trinajstić information content (AvgIpc) is 2.85. The molecule has 0 aliphatic carbocycles. The van der Waals surface area contributed by atoms with Gasteiger partial charge in [-0.25, -0.2) is 14.0 Å². The number of benzene rings is 2. The van der Waals surface area contributed by atoms with Crippen LogP contribution < -0.4 is 15.5 Å². The maximum atomic E-state index is 14.2. The number of urea groups is 1. The minimum Gasteiger partial charge on any atom is -0.463 e. The molecule has 0 spiro atoms. The molecule has 0 unspecified atom stereocenters. The molecule has 35 heavy (non-hydrogen) atoms. The molecule has 1 saturated heterocycles. The molecule has 0 bridgehead atoms. The fourth-order valence-electron chi connectivity index (χ4n) is 4.31. The SMILES string of the molecule is CCOC(=O)C1=C(CN2CCN(c3ccccc3F)CC2)NC(=O)N[C@H]1c1ccc([N+](=O)[O-])cc1. The van der Waals surface area contributed by atoms with Crippen molar-refractivity contribution in [3.05, 3.63) is 81.3 Å². The lowest BCUT2D eigenvalue weighted by atomic mass is 9.94. The number of nitrogens with zero attached hydrogens (tertiary/aromatic N) is 3. The van der Waals surface area contributed by atoms with Crippen LogP contribution in [0.25, 0.3) is 0 Å². The van der Waals surface area contributed by atoms with Gasteiger partial charge in [-0.3, -0.25) is 15.0 Å². The van der Waals surface area contributed by atoms with Crippen LogP contribution in [-0.2, 0) is 9.53 Å². The summed E-state index contributed by atoms with van der Waals surface area (Å²) in [7, 11) is 0. The average molecular weight is 484 g/mol. The molecule has 2 aliphatic heterocycles. The predicted octanol–water partition coefficient (Wildman–Crippen LogP) is 2.73. The normalized spacial score (nSPS) is 18.6. The molecule has 2 amide bonds. The molecule has 1 fully saturated rings. The smallest absolute Gasteiger partial charge is 0.338 e. The Hall–Kier alpha value is -3.99. The van der Waals surface area contributed by atoms with Gasteiger partial charge in [-0.1, -0.05) is 12.1 Å². The zero-order valence-electron chi connectivity index (χ0n) is 19.2. The Labute approximate surface area is 201 Å². The van der Waals surface area contributed by atoms with Crippen LogP contribution in [0, 0.1) is 15.9 Å². The van der Waals surface area contributed by atoms with Gasteiger partial charge in [0.25, 0.3) is 5.69 Å². The highest BCUT2D eigenvalue weighted by Crippen LogP contribution is 2.30. The molecule has 184 valence electrons. The van der Waals surface area contributed by atoms with E-state index in [9.17, 15) is 24.1 Å². The Balaban J connectivity index is 1.57. The molecule has 11 heteroatoms. The van der Waals surface area contributed by atoms with Crippen LogP contribution in [0.4, 0.5) is 20.6 Å². The first-order valence-corrected chi connectivity index (χ1v) is 11.3. The summed E-state index contributed by atoms with van der Waals surface area (Å²) >= 11 is 0. The van der Waals surface area contributed by atoms with Gasteiger partial charge in [0.15, 0.2) is 0 Å². The summed E-state index contributed by atoms with van der Waals surface area (Å²) in [5.74, 6) is -0.854. The highest BCUT2D eigenvalue weighted by Gasteiger charge is 2.35. The van der Waals surface area contributed by atoms with Crippen LogP contribution >= 0.6 is 0 Å². The van der Waals surface area contributed by atoms with E-state index in [1.165, 1.54) is 30.3 Å². The highest BCUT2D eigenvalue weighted by molar-refractivity contribution is 5.95. The van der Waals surface area contributed by atoms with E-state index in [0.29, 0.717) is 43.1 Å². The Kier molecular flexibility index (Phi) is 7.25. The third-order valence-electron chi connectivity index (χ3n) is 6.03. The van der Waals surface area contributed by atoms with E-state index in [2.05, 4.69) is 15.5 Å². The lowest BCUT2D eigenvalue weighted by Crippen LogP contribution is -2.52. The molecule has 0 radical (unpaired) electrons. The van der Waals surface area contributed by atoms with Gasteiger partial charge in [0.1, 0.15) is 5.82 Å². The highest BCUT2D eigenvalue weighted by atomic mass is 19.1. The molecular formula is C24H26FN5O5. The van der Waals surface area contributed by atoms with Crippen LogP contribution in [-0.4, -0.2) is 61.2 Å². The summed E-state index contributed by atoms with van der Waals surface area (Å²) in [5.41, 5.74) is 1.64. The van der Waals surface area contributed by atoms with Crippen LogP contribution in [0.1, 0.15) is 18.5 Å². The quantitative estimate of drug-likeness (QED) is 0.353. The third-order valence-corrected chi connectivity index (χ3v) is 6.03. The molecule has 1 atom stereocenters. The fourth-order valence-corrected chi connectivity index (χ4v) is 4.31. The molecule has 2 aromatic rings. The number of para-hydroxylation sites is 1. The van der Waals surface area contributed by atoms with E-state index in [0.717, 1.165) is 0 Å². The number of anilines is 1. The first kappa shape index (κ1) is 24.1. The Bertz CT molecular complexity index is 1150. The number of nitrogens with one attached hydrogen (secondary N) is 2. The molecular weight excluding hydrogens is 457 g/mol. The maximum absolute atomic E-state index is 14.2. The van der Waals surface area contributed by atoms with Crippen LogP contribution in [0.3, 0.4) is 0 Å². The first-order valence-electron chi connectivity index (χ1n) is 11.3. The number of non-ortho nitro benzene ring substituents is 1. The van der Waals surface area contributed by atoms with Crippen molar-refractivity contribution in [3.8, 4) is 0 Å². The Morgan fingerprint density at radius 2 is 1.83 bits per heavy atom. The largest absolute Gasteiger partial charge is 0.463 e. The maximum Gasteiger partial charge on any atom is 0.338 e. The van der Waals surface area contributed by atoms with Crippen LogP contribution in [0.5, 0.6) is 0 Å². The van der Waals surface area contributed by atoms with E-state index < -0.39 is 23.0 Å². The van der Waals surface area contributed by atoms with E-state index in [1.807, 2.05) is 4.90 Å². The summed E-state index contributed by atoms with van der Waals surface area (Å²) in [6.07, 6.45) is 0. The van der Waals surface area contributed by atoms with Gasteiger partial charge < -0.3 is 20.3 Å². The molecule has 4 rings (SSSR count). The van der Waals surface area contributed by atoms with Gasteiger partial charge in [-0.2, -0.15) is 0 Å². The second-order valence-electron chi connectivity index (χ2n) is 8.21. The summed E-state index contributed by atoms with van der Waals surface area (Å²) in [6, 6.07) is 11.0. The zero-order valence-corrected chi connectivity index (χ0v) is 19.2. The number of piperazine rings is 1. The number of esters is 1. The minimum atomic E-state index is -0.821. The number of hydrogen-bond donors (Lipinski definition) is 2. The molecule has 2 aliphatic rings. The molecule has 10 nitrogen and oxygen atoms in total. The molecule has 0 saturated carbocycles. The Morgan fingerprint density at radius 3 is 2.46 bits per heavy atom. The number of carbonyl (C=O) groups excluding carboxylic acids is 2. The summed E-state index contributed by atoms with van der Waals surface area (Å²) in [4.78, 5) is 40.0. The number of nitro benzene ring substituents is 1. The number of halogens is 1. The van der Waals surface area contributed by atoms with Gasteiger partial charge in [0.05, 0.1) is 28.8 Å². The van der Waals surface area contributed by atoms with Crippen molar-refractivity contribution >= 4 is 23.4 Å². The molecule has 2 heterocycles. The molecule has 2 N–H and O–H groups in total. The summed E-state index contributed by atoms with van der Waals surface area (Å²) < 4.78 is 19.4. The van der Waals surface area contributed by atoms with Gasteiger partial charge in [0, 0.05) is 50.6 Å². The third kappa shape index (κ3) is 5.40. The number of amides is 2. The fraction of sp³-hybridized carbons (Fsp3) is 0.333. The summed E-state index contributed by atoms with van der Waals surface area (Å²) in [5, 5.41) is 16.5. The van der Waals surface area contributed by atoms with E-state index in [4.69, 9.17) is 4.74 Å². The van der Waals surface area contributed by atoms with E-state index >= 15 is 0 Å². The van der Waals surface area contributed by atoms with Crippen molar-refractivity contribution in [2.75, 3.05) is 44.2 Å². The Morgan fingerprint density at radius 1 is 1.14 bits per heavy atom. The van der Waals surface area contributed by atoms with Crippen LogP contribution in [0.2, 0.25) is 0 Å². The standard InChI is InChI=1S/C24H26FN5O5/c1-2-35-23(31)21-19(15-28-11-13-29(14-12-28)20-6-4-3-5-18(20)25)26-24(32)27-22(21)16-7-9-17(10-8-16)30(33)34/h3-10,22H,2,11-15H2,1H3,(H2,26,27,32)/t22-/m0/s1. The first-order chi connectivity index (χ1) is 16.9. The van der Waals surface area contributed by atoms with Gasteiger partial charge in [-0.15, -0.1) is 0 Å². The second kappa shape index (κ2) is 10.5. The van der Waals surface area contributed by atoms with Gasteiger partial charge >= 0.3 is 12.0 Å². The topological polar surface area (TPSA) is 117 Å². The van der Waals surface area contributed by atoms with E-state index in [-0.39, 0.29) is 30.2 Å². The number of carbonyl (C=O) groups is 2. The molecule has 2 aromatic carbocycles. The van der Waals surface area contributed by atoms with Crippen molar-refractivity contribution in [1.82, 2.24) is 15.5 Å². The van der Waals surface area contributed by atoms with E-state index in [1.54, 1.807) is 25.1 Å². The van der Waals surface area contributed by atoms with Crippen molar-refractivity contribution in [1.29, 1.82) is 0 Å². The lowest BCUT2D eigenvalue weighted by Gasteiger charge is -2.38. The van der Waals surface area contributed by atoms with Crippen LogP contribution in [0.15, 0.2) is 59.8 Å². The van der Waals surface area contributed by atoms with Crippen molar-refractivity contribution < 1.29 is 23.6 Å². The predicted molar refractivity (Wildman–Crippen MR) is 126 cm³/mol. The number of rotatable bonds is 7. The number of nitro groups is 1. The number of hydrogen-bond acceptors (Lipinski definition) is 7. The van der Waals surface area contributed by atoms with Crippen molar-refractivity contribution in [3.63, 3.8) is 0 Å².